The summed E-state index contributed by atoms with van der Waals surface area (Å²) in [5.74, 6) is 2.38. The molecule has 5 unspecified atom stereocenters. The van der Waals surface area contributed by atoms with Crippen molar-refractivity contribution in [2.45, 2.75) is 88.0 Å². The quantitative estimate of drug-likeness (QED) is 0.152. The van der Waals surface area contributed by atoms with Crippen molar-refractivity contribution in [1.29, 1.82) is 0 Å². The van der Waals surface area contributed by atoms with Crippen LogP contribution in [0.1, 0.15) is 84.1 Å². The largest absolute Gasteiger partial charge is 0.462 e. The molecule has 5 aromatic rings. The lowest BCUT2D eigenvalue weighted by Crippen LogP contribution is -2.56. The number of hydrogen-bond acceptors (Lipinski definition) is 14. The number of piperazine rings is 2. The molecule has 6 saturated heterocycles. The first-order valence-corrected chi connectivity index (χ1v) is 27.3. The maximum Gasteiger partial charge on any atom is 0.319 e. The van der Waals surface area contributed by atoms with E-state index >= 15 is 4.39 Å². The minimum Gasteiger partial charge on any atom is -0.462 e. The Bertz CT molecular complexity index is 3230. The number of fused-ring (bicyclic) bond motifs is 6. The summed E-state index contributed by atoms with van der Waals surface area (Å²) in [6, 6.07) is 16.8. The standard InChI is InChI=1S/C58H62FN11O6/c1-3-33-6-4-7-34-8-5-9-44(49(33)34)51-50(59)52-46(28-60-51)53(69-29-38-24-36-10-11-37(36)25-39(30-69)61-38)64-58(63-52)76-32-42-26-41(31-65(42)2)67-20-22-68(23-21-67)55(73)35-16-18-66(19-17-35)40-12-13-43-45(27-40)57(75)70(56(43)74)47-14-15-48(71)62-54(47)72/h1,4-9,12-13,27-28,35-39,41-42,47,61H,10-11,14-26,29-32H2,2H3,(H,62,71,72)/t36?,37?,38?,39?,41-,42-,47?/m0/s1. The van der Waals surface area contributed by atoms with Gasteiger partial charge in [-0.2, -0.15) is 9.97 Å². The van der Waals surface area contributed by atoms with Crippen molar-refractivity contribution in [1.82, 2.24) is 45.2 Å². The number of terminal acetylenes is 1. The summed E-state index contributed by atoms with van der Waals surface area (Å²) in [6.45, 7) is 6.80. The molecule has 17 nitrogen and oxygen atoms in total. The predicted octanol–water partition coefficient (Wildman–Crippen LogP) is 4.85. The number of nitrogens with one attached hydrogen (secondary N) is 2. The molecule has 13 rings (SSSR count). The van der Waals surface area contributed by atoms with Crippen LogP contribution in [0.25, 0.3) is 32.9 Å². The van der Waals surface area contributed by atoms with Gasteiger partial charge in [0.1, 0.15) is 29.7 Å². The number of aromatic nitrogens is 3. The van der Waals surface area contributed by atoms with E-state index in [9.17, 15) is 24.0 Å². The molecule has 18 heteroatoms. The third kappa shape index (κ3) is 8.60. The molecule has 7 aliphatic heterocycles. The van der Waals surface area contributed by atoms with Crippen LogP contribution < -0.4 is 25.2 Å². The number of carbonyl (C=O) groups excluding carboxylic acids is 5. The number of nitrogens with zero attached hydrogens (tertiary/aromatic N) is 9. The zero-order valence-electron chi connectivity index (χ0n) is 42.8. The van der Waals surface area contributed by atoms with Crippen molar-refractivity contribution < 1.29 is 33.1 Å². The smallest absolute Gasteiger partial charge is 0.319 e. The van der Waals surface area contributed by atoms with Gasteiger partial charge in [-0.1, -0.05) is 36.3 Å². The second-order valence-electron chi connectivity index (χ2n) is 22.5. The number of amides is 5. The lowest BCUT2D eigenvalue weighted by atomic mass is 9.69. The molecule has 1 aliphatic carbocycles. The summed E-state index contributed by atoms with van der Waals surface area (Å²) in [7, 11) is 2.12. The highest BCUT2D eigenvalue weighted by Crippen LogP contribution is 2.45. The molecular formula is C58H62FN11O6. The summed E-state index contributed by atoms with van der Waals surface area (Å²) in [6.07, 6.45) is 14.9. The van der Waals surface area contributed by atoms with Gasteiger partial charge in [0.15, 0.2) is 5.82 Å². The first-order valence-electron chi connectivity index (χ1n) is 27.3. The minimum atomic E-state index is -1.02. The van der Waals surface area contributed by atoms with Gasteiger partial charge in [-0.25, -0.2) is 4.39 Å². The van der Waals surface area contributed by atoms with Gasteiger partial charge in [-0.05, 0) is 99.9 Å². The Morgan fingerprint density at radius 2 is 1.55 bits per heavy atom. The third-order valence-corrected chi connectivity index (χ3v) is 18.2. The van der Waals surface area contributed by atoms with Crippen LogP contribution in [0, 0.1) is 35.9 Å². The summed E-state index contributed by atoms with van der Waals surface area (Å²) >= 11 is 0. The van der Waals surface area contributed by atoms with Crippen LogP contribution in [0.2, 0.25) is 0 Å². The predicted molar refractivity (Wildman–Crippen MR) is 283 cm³/mol. The zero-order valence-corrected chi connectivity index (χ0v) is 42.8. The van der Waals surface area contributed by atoms with E-state index in [2.05, 4.69) is 43.2 Å². The van der Waals surface area contributed by atoms with Crippen molar-refractivity contribution in [2.24, 2.45) is 17.8 Å². The van der Waals surface area contributed by atoms with E-state index in [1.165, 1.54) is 12.8 Å². The van der Waals surface area contributed by atoms with Crippen molar-refractivity contribution in [3.8, 4) is 29.6 Å². The molecule has 9 heterocycles. The highest BCUT2D eigenvalue weighted by molar-refractivity contribution is 6.23. The zero-order chi connectivity index (χ0) is 51.9. The van der Waals surface area contributed by atoms with Gasteiger partial charge in [-0.15, -0.1) is 6.42 Å². The number of ether oxygens (including phenoxy) is 1. The number of pyridine rings is 1. The summed E-state index contributed by atoms with van der Waals surface area (Å²) in [5, 5.41) is 8.39. The maximum atomic E-state index is 17.3. The van der Waals surface area contributed by atoms with Crippen LogP contribution in [-0.4, -0.2) is 167 Å². The van der Waals surface area contributed by atoms with E-state index in [0.717, 1.165) is 85.2 Å². The molecule has 392 valence electrons. The fraction of sp³-hybridized carbons (Fsp3) is 0.483. The number of imide groups is 2. The molecular weight excluding hydrogens is 966 g/mol. The Kier molecular flexibility index (Phi) is 12.5. The van der Waals surface area contributed by atoms with Crippen LogP contribution in [-0.2, 0) is 14.4 Å². The van der Waals surface area contributed by atoms with Gasteiger partial charge in [0.2, 0.25) is 17.7 Å². The summed E-state index contributed by atoms with van der Waals surface area (Å²) in [4.78, 5) is 92.0. The molecule has 3 aromatic carbocycles. The number of likely N-dealkylation sites (N-methyl/N-ethyl adjacent to an activating group) is 1. The Labute approximate surface area is 440 Å². The fourth-order valence-electron chi connectivity index (χ4n) is 14.0. The van der Waals surface area contributed by atoms with Gasteiger partial charge in [0.25, 0.3) is 11.8 Å². The highest BCUT2D eigenvalue weighted by Gasteiger charge is 2.46. The van der Waals surface area contributed by atoms with E-state index in [1.807, 2.05) is 47.4 Å². The number of anilines is 2. The number of likely N-dealkylation sites (tertiary alicyclic amines) is 1. The van der Waals surface area contributed by atoms with Crippen LogP contribution in [0.4, 0.5) is 15.9 Å². The highest BCUT2D eigenvalue weighted by atomic mass is 19.1. The summed E-state index contributed by atoms with van der Waals surface area (Å²) in [5.41, 5.74) is 2.93. The average Bonchev–Trinajstić information content (AvgIpc) is 3.98. The lowest BCUT2D eigenvalue weighted by molar-refractivity contribution is -0.138. The monoisotopic (exact) mass is 1030 g/mol. The van der Waals surface area contributed by atoms with E-state index < -0.39 is 35.5 Å². The second kappa shape index (κ2) is 19.5. The van der Waals surface area contributed by atoms with Gasteiger partial charge < -0.3 is 24.8 Å². The van der Waals surface area contributed by atoms with Gasteiger partial charge in [0, 0.05) is 124 Å². The van der Waals surface area contributed by atoms with Crippen LogP contribution >= 0.6 is 0 Å². The van der Waals surface area contributed by atoms with Crippen molar-refractivity contribution in [2.75, 3.05) is 82.4 Å². The normalized spacial score (nSPS) is 27.3. The van der Waals surface area contributed by atoms with E-state index in [-0.39, 0.29) is 65.1 Å². The maximum absolute atomic E-state index is 17.3. The van der Waals surface area contributed by atoms with Gasteiger partial charge in [0.05, 0.1) is 16.5 Å². The van der Waals surface area contributed by atoms with Crippen molar-refractivity contribution in [3.63, 3.8) is 0 Å². The number of halogens is 1. The minimum absolute atomic E-state index is 0.0632. The molecule has 1 saturated carbocycles. The van der Waals surface area contributed by atoms with E-state index in [4.69, 9.17) is 26.1 Å². The Hall–Kier alpha value is -7.07. The first kappa shape index (κ1) is 48.6. The average molecular weight is 1030 g/mol. The Balaban J connectivity index is 0.655. The van der Waals surface area contributed by atoms with E-state index in [1.54, 1.807) is 18.3 Å². The van der Waals surface area contributed by atoms with E-state index in [0.29, 0.717) is 80.0 Å². The molecule has 8 aliphatic rings. The number of hydrogen-bond donors (Lipinski definition) is 2. The molecule has 76 heavy (non-hydrogen) atoms. The summed E-state index contributed by atoms with van der Waals surface area (Å²) < 4.78 is 23.9. The number of carbonyl (C=O) groups is 5. The molecule has 2 aromatic heterocycles. The van der Waals surface area contributed by atoms with Crippen LogP contribution in [0.15, 0.2) is 60.8 Å². The van der Waals surface area contributed by atoms with Crippen LogP contribution in [0.5, 0.6) is 6.01 Å². The molecule has 5 amide bonds. The number of benzene rings is 3. The third-order valence-electron chi connectivity index (χ3n) is 18.2. The molecule has 0 radical (unpaired) electrons. The van der Waals surface area contributed by atoms with Gasteiger partial charge in [-0.3, -0.25) is 49.0 Å². The number of rotatable bonds is 9. The topological polar surface area (TPSA) is 177 Å². The molecule has 7 atom stereocenters. The molecule has 2 N–H and O–H groups in total. The molecule has 0 spiro atoms. The number of piperidine rings is 2. The SMILES string of the molecule is C#Cc1cccc2cccc(-c3ncc4c(N5CC6CC7CCC7CC(C5)N6)nc(OC[C@@H]5C[C@H](N6CCN(C(=O)C7CCN(c8ccc9c(c8)C(=O)N(C8CCC(=O)NC8=O)C9=O)CC7)CC6)CN5C)nc4c3F)c12. The first-order chi connectivity index (χ1) is 37.0. The Morgan fingerprint density at radius 1 is 0.816 bits per heavy atom. The fourth-order valence-corrected chi connectivity index (χ4v) is 14.0. The Morgan fingerprint density at radius 3 is 2.28 bits per heavy atom. The molecule has 2 bridgehead atoms. The van der Waals surface area contributed by atoms with Crippen molar-refractivity contribution >= 4 is 62.7 Å². The molecule has 7 fully saturated rings. The van der Waals surface area contributed by atoms with Crippen molar-refractivity contribution in [3.05, 3.63) is 83.3 Å². The van der Waals surface area contributed by atoms with Gasteiger partial charge >= 0.3 is 6.01 Å². The van der Waals surface area contributed by atoms with Crippen LogP contribution in [0.3, 0.4) is 0 Å². The lowest BCUT2D eigenvalue weighted by Gasteiger charge is -2.40. The second-order valence-corrected chi connectivity index (χ2v) is 22.5.